The maximum absolute atomic E-state index is 13.0. The molecule has 0 aromatic heterocycles. The van der Waals surface area contributed by atoms with Crippen LogP contribution in [0.4, 0.5) is 8.78 Å². The van der Waals surface area contributed by atoms with E-state index in [1.807, 2.05) is 48.5 Å². The van der Waals surface area contributed by atoms with Crippen LogP contribution in [0.1, 0.15) is 12.5 Å². The Kier molecular flexibility index (Phi) is 7.83. The highest BCUT2D eigenvalue weighted by molar-refractivity contribution is 5.82. The third kappa shape index (κ3) is 5.83. The van der Waals surface area contributed by atoms with Crippen molar-refractivity contribution in [3.8, 4) is 16.9 Å². The van der Waals surface area contributed by atoms with E-state index in [1.54, 1.807) is 19.3 Å². The van der Waals surface area contributed by atoms with Crippen molar-refractivity contribution in [3.05, 3.63) is 60.2 Å². The molecule has 156 valence electrons. The predicted octanol–water partition coefficient (Wildman–Crippen LogP) is 2.86. The molecule has 0 bridgehead atoms. The number of carbonyl (C=O) groups is 1. The minimum atomic E-state index is -3.18. The molecule has 2 unspecified atom stereocenters. The summed E-state index contributed by atoms with van der Waals surface area (Å²) in [5, 5.41) is 21.1. The summed E-state index contributed by atoms with van der Waals surface area (Å²) in [4.78, 5) is 11.6. The first kappa shape index (κ1) is 22.5. The molecule has 2 atom stereocenters. The molecule has 6 nitrogen and oxygen atoms in total. The van der Waals surface area contributed by atoms with Crippen molar-refractivity contribution in [3.63, 3.8) is 0 Å². The van der Waals surface area contributed by atoms with E-state index in [2.05, 4.69) is 5.32 Å². The molecule has 0 radical (unpaired) electrons. The lowest BCUT2D eigenvalue weighted by Crippen LogP contribution is -2.60. The Morgan fingerprint density at radius 3 is 2.48 bits per heavy atom. The van der Waals surface area contributed by atoms with Crippen molar-refractivity contribution in [2.24, 2.45) is 0 Å². The number of amides is 1. The molecule has 0 spiro atoms. The topological polar surface area (TPSA) is 90.8 Å². The molecule has 1 amide bonds. The summed E-state index contributed by atoms with van der Waals surface area (Å²) < 4.78 is 31.2. The summed E-state index contributed by atoms with van der Waals surface area (Å²) >= 11 is 0. The van der Waals surface area contributed by atoms with Gasteiger partial charge in [0.15, 0.2) is 0 Å². The molecule has 4 N–H and O–H groups in total. The number of methoxy groups -OCH3 is 1. The fourth-order valence-corrected chi connectivity index (χ4v) is 2.73. The average molecular weight is 406 g/mol. The molecule has 2 aromatic rings. The number of benzene rings is 2. The van der Waals surface area contributed by atoms with Gasteiger partial charge in [-0.15, -0.1) is 0 Å². The number of nitrogens with one attached hydrogen (secondary N) is 2. The lowest BCUT2D eigenvalue weighted by molar-refractivity contribution is -0.150. The van der Waals surface area contributed by atoms with Crippen molar-refractivity contribution >= 4 is 12.0 Å². The first-order chi connectivity index (χ1) is 13.8. The average Bonchev–Trinajstić information content (AvgIpc) is 2.73. The quantitative estimate of drug-likeness (QED) is 0.380. The summed E-state index contributed by atoms with van der Waals surface area (Å²) in [7, 11) is 1.61. The van der Waals surface area contributed by atoms with Crippen LogP contribution in [0.5, 0.6) is 5.75 Å². The number of halogens is 2. The molecular formula is C21H24F2N2O4. The minimum Gasteiger partial charge on any atom is -0.497 e. The van der Waals surface area contributed by atoms with Crippen LogP contribution in [0, 0.1) is 0 Å². The van der Waals surface area contributed by atoms with Gasteiger partial charge in [-0.2, -0.15) is 0 Å². The van der Waals surface area contributed by atoms with Crippen molar-refractivity contribution in [2.75, 3.05) is 13.7 Å². The van der Waals surface area contributed by atoms with Crippen LogP contribution in [-0.2, 0) is 4.79 Å². The van der Waals surface area contributed by atoms with Crippen LogP contribution < -0.4 is 15.5 Å². The maximum Gasteiger partial charge on any atom is 0.268 e. The summed E-state index contributed by atoms with van der Waals surface area (Å²) in [6.07, 6.45) is 0.193. The minimum absolute atomic E-state index is 0.0264. The van der Waals surface area contributed by atoms with Crippen molar-refractivity contribution < 1.29 is 28.6 Å². The number of aliphatic hydroxyl groups is 1. The fourth-order valence-electron chi connectivity index (χ4n) is 2.73. The molecule has 0 saturated carbocycles. The van der Waals surface area contributed by atoms with E-state index in [1.165, 1.54) is 5.48 Å². The number of alkyl halides is 2. The van der Waals surface area contributed by atoms with E-state index < -0.39 is 24.0 Å². The van der Waals surface area contributed by atoms with Crippen LogP contribution in [0.3, 0.4) is 0 Å². The van der Waals surface area contributed by atoms with Gasteiger partial charge in [0.1, 0.15) is 17.4 Å². The zero-order chi connectivity index (χ0) is 21.4. The van der Waals surface area contributed by atoms with Gasteiger partial charge in [0.25, 0.3) is 12.3 Å². The second-order valence-corrected chi connectivity index (χ2v) is 6.60. The van der Waals surface area contributed by atoms with Gasteiger partial charge in [-0.25, -0.2) is 14.3 Å². The van der Waals surface area contributed by atoms with Crippen LogP contribution in [0.25, 0.3) is 17.2 Å². The van der Waals surface area contributed by atoms with Gasteiger partial charge in [0, 0.05) is 6.54 Å². The van der Waals surface area contributed by atoms with E-state index in [0.29, 0.717) is 0 Å². The third-order valence-corrected chi connectivity index (χ3v) is 4.46. The van der Waals surface area contributed by atoms with Crippen LogP contribution in [-0.4, -0.2) is 47.9 Å². The Bertz CT molecular complexity index is 839. The number of hydrogen-bond acceptors (Lipinski definition) is 5. The highest BCUT2D eigenvalue weighted by atomic mass is 19.3. The molecular weight excluding hydrogens is 382 g/mol. The second kappa shape index (κ2) is 10.1. The number of hydrogen-bond donors (Lipinski definition) is 4. The first-order valence-electron chi connectivity index (χ1n) is 8.88. The van der Waals surface area contributed by atoms with Gasteiger partial charge < -0.3 is 9.84 Å². The van der Waals surface area contributed by atoms with Crippen LogP contribution in [0.15, 0.2) is 54.6 Å². The molecule has 0 aliphatic carbocycles. The van der Waals surface area contributed by atoms with E-state index in [4.69, 9.17) is 9.94 Å². The molecule has 0 heterocycles. The zero-order valence-electron chi connectivity index (χ0n) is 16.1. The standard InChI is InChI=1S/C21H24F2N2O4/c1-21(27,20(22)23)18(19(26)25-28)24-12-4-5-14-8-10-15(11-9-14)16-6-3-7-17(13-16)29-2/h3-11,13,18,20,24,27-28H,12H2,1-2H3,(H,25,26)/b5-4+. The summed E-state index contributed by atoms with van der Waals surface area (Å²) in [5.41, 5.74) is 1.52. The first-order valence-corrected chi connectivity index (χ1v) is 8.88. The summed E-state index contributed by atoms with van der Waals surface area (Å²) in [5.74, 6) is -0.384. The molecule has 0 aliphatic heterocycles. The van der Waals surface area contributed by atoms with E-state index in [0.717, 1.165) is 29.4 Å². The zero-order valence-corrected chi connectivity index (χ0v) is 16.1. The van der Waals surface area contributed by atoms with Crippen LogP contribution in [0.2, 0.25) is 0 Å². The van der Waals surface area contributed by atoms with Gasteiger partial charge in [0.05, 0.1) is 7.11 Å². The molecule has 8 heteroatoms. The van der Waals surface area contributed by atoms with Crippen LogP contribution >= 0.6 is 0 Å². The van der Waals surface area contributed by atoms with Gasteiger partial charge in [-0.3, -0.25) is 15.3 Å². The summed E-state index contributed by atoms with van der Waals surface area (Å²) in [6.45, 7) is 0.851. The normalized spacial score (nSPS) is 14.6. The Labute approximate surface area is 167 Å². The lowest BCUT2D eigenvalue weighted by Gasteiger charge is -2.30. The Morgan fingerprint density at radius 1 is 1.21 bits per heavy atom. The van der Waals surface area contributed by atoms with Crippen molar-refractivity contribution in [2.45, 2.75) is 25.0 Å². The Hall–Kier alpha value is -2.81. The largest absolute Gasteiger partial charge is 0.497 e. The lowest BCUT2D eigenvalue weighted by atomic mass is 9.96. The molecule has 0 saturated heterocycles. The molecule has 2 rings (SSSR count). The molecule has 0 fully saturated rings. The van der Waals surface area contributed by atoms with Gasteiger partial charge in [-0.05, 0) is 35.7 Å². The van der Waals surface area contributed by atoms with Crippen molar-refractivity contribution in [1.29, 1.82) is 0 Å². The number of carbonyl (C=O) groups excluding carboxylic acids is 1. The number of ether oxygens (including phenoxy) is 1. The van der Waals surface area contributed by atoms with Crippen molar-refractivity contribution in [1.82, 2.24) is 10.8 Å². The molecule has 29 heavy (non-hydrogen) atoms. The highest BCUT2D eigenvalue weighted by Crippen LogP contribution is 2.24. The van der Waals surface area contributed by atoms with E-state index in [9.17, 15) is 18.7 Å². The smallest absolute Gasteiger partial charge is 0.268 e. The van der Waals surface area contributed by atoms with E-state index in [-0.39, 0.29) is 6.54 Å². The Morgan fingerprint density at radius 2 is 1.90 bits per heavy atom. The fraction of sp³-hybridized carbons (Fsp3) is 0.286. The van der Waals surface area contributed by atoms with Gasteiger partial charge in [-0.1, -0.05) is 48.6 Å². The summed E-state index contributed by atoms with van der Waals surface area (Å²) in [6, 6.07) is 13.6. The SMILES string of the molecule is COc1cccc(-c2ccc(/C=C/CNC(C(=O)NO)C(C)(O)C(F)F)cc2)c1. The second-order valence-electron chi connectivity index (χ2n) is 6.60. The van der Waals surface area contributed by atoms with E-state index >= 15 is 0 Å². The van der Waals surface area contributed by atoms with Gasteiger partial charge >= 0.3 is 0 Å². The number of rotatable bonds is 9. The predicted molar refractivity (Wildman–Crippen MR) is 106 cm³/mol. The third-order valence-electron chi connectivity index (χ3n) is 4.46. The maximum atomic E-state index is 13.0. The monoisotopic (exact) mass is 406 g/mol. The number of hydroxylamine groups is 1. The molecule has 2 aromatic carbocycles. The Balaban J connectivity index is 2.01. The molecule has 0 aliphatic rings. The highest BCUT2D eigenvalue weighted by Gasteiger charge is 2.44. The van der Waals surface area contributed by atoms with Gasteiger partial charge in [0.2, 0.25) is 0 Å².